The molecule has 2 fully saturated rings. The van der Waals surface area contributed by atoms with Crippen LogP contribution < -0.4 is 4.90 Å². The molecule has 1 aliphatic carbocycles. The molecule has 0 radical (unpaired) electrons. The fraction of sp³-hybridized carbons (Fsp3) is 0.429. The van der Waals surface area contributed by atoms with E-state index in [9.17, 15) is 4.39 Å². The molecule has 0 aromatic heterocycles. The van der Waals surface area contributed by atoms with Crippen molar-refractivity contribution in [3.05, 3.63) is 65.5 Å². The van der Waals surface area contributed by atoms with Crippen molar-refractivity contribution in [3.8, 4) is 0 Å². The first-order chi connectivity index (χ1) is 11.7. The van der Waals surface area contributed by atoms with E-state index in [2.05, 4.69) is 40.1 Å². The molecule has 0 spiro atoms. The molecular formula is C21H25FN2. The zero-order chi connectivity index (χ0) is 16.5. The molecule has 0 amide bonds. The Balaban J connectivity index is 1.29. The molecule has 2 aromatic carbocycles. The van der Waals surface area contributed by atoms with Gasteiger partial charge in [0.15, 0.2) is 0 Å². The van der Waals surface area contributed by atoms with Gasteiger partial charge in [-0.2, -0.15) is 0 Å². The van der Waals surface area contributed by atoms with Crippen LogP contribution in [-0.2, 0) is 0 Å². The molecule has 126 valence electrons. The molecule has 0 bridgehead atoms. The summed E-state index contributed by atoms with van der Waals surface area (Å²) in [5.74, 6) is 1.45. The van der Waals surface area contributed by atoms with E-state index >= 15 is 0 Å². The van der Waals surface area contributed by atoms with Gasteiger partial charge in [-0.25, -0.2) is 4.39 Å². The predicted molar refractivity (Wildman–Crippen MR) is 97.1 cm³/mol. The zero-order valence-corrected chi connectivity index (χ0v) is 14.3. The van der Waals surface area contributed by atoms with Crippen molar-refractivity contribution in [2.45, 2.75) is 19.3 Å². The maximum absolute atomic E-state index is 13.3. The molecule has 1 aliphatic heterocycles. The van der Waals surface area contributed by atoms with Crippen LogP contribution in [0.2, 0.25) is 0 Å². The van der Waals surface area contributed by atoms with Gasteiger partial charge in [-0.3, -0.25) is 4.90 Å². The van der Waals surface area contributed by atoms with E-state index in [1.165, 1.54) is 24.2 Å². The van der Waals surface area contributed by atoms with Gasteiger partial charge in [0, 0.05) is 38.4 Å². The van der Waals surface area contributed by atoms with E-state index in [0.717, 1.165) is 43.6 Å². The van der Waals surface area contributed by atoms with Crippen LogP contribution in [0.3, 0.4) is 0 Å². The zero-order valence-electron chi connectivity index (χ0n) is 14.3. The monoisotopic (exact) mass is 324 g/mol. The van der Waals surface area contributed by atoms with E-state index in [1.807, 2.05) is 13.0 Å². The predicted octanol–water partition coefficient (Wildman–Crippen LogP) is 4.06. The molecule has 24 heavy (non-hydrogen) atoms. The van der Waals surface area contributed by atoms with Crippen molar-refractivity contribution >= 4 is 5.69 Å². The van der Waals surface area contributed by atoms with Crippen molar-refractivity contribution in [3.63, 3.8) is 0 Å². The standard InChI is InChI=1S/C21H25FN2/c1-16-13-19(22)7-8-21(16)24-11-9-23(10-12-24)15-18-14-20(18)17-5-3-2-4-6-17/h2-8,13,18,20H,9-12,14-15H2,1H3/t18-,20-/m1/s1. The second-order valence-electron chi connectivity index (χ2n) is 7.23. The Morgan fingerprint density at radius 2 is 1.75 bits per heavy atom. The maximum Gasteiger partial charge on any atom is 0.123 e. The number of benzene rings is 2. The lowest BCUT2D eigenvalue weighted by atomic mass is 10.1. The van der Waals surface area contributed by atoms with Crippen LogP contribution in [0.25, 0.3) is 0 Å². The van der Waals surface area contributed by atoms with Crippen LogP contribution in [0.1, 0.15) is 23.5 Å². The average molecular weight is 324 g/mol. The van der Waals surface area contributed by atoms with Gasteiger partial charge in [0.25, 0.3) is 0 Å². The van der Waals surface area contributed by atoms with Crippen molar-refractivity contribution in [1.29, 1.82) is 0 Å². The lowest BCUT2D eigenvalue weighted by Crippen LogP contribution is -2.47. The lowest BCUT2D eigenvalue weighted by molar-refractivity contribution is 0.246. The van der Waals surface area contributed by atoms with Gasteiger partial charge in [-0.1, -0.05) is 30.3 Å². The first-order valence-electron chi connectivity index (χ1n) is 8.99. The molecule has 0 N–H and O–H groups in total. The van der Waals surface area contributed by atoms with Gasteiger partial charge in [-0.15, -0.1) is 0 Å². The van der Waals surface area contributed by atoms with E-state index in [-0.39, 0.29) is 5.82 Å². The third kappa shape index (κ3) is 3.32. The summed E-state index contributed by atoms with van der Waals surface area (Å²) >= 11 is 0. The van der Waals surface area contributed by atoms with E-state index in [4.69, 9.17) is 0 Å². The summed E-state index contributed by atoms with van der Waals surface area (Å²) in [5.41, 5.74) is 3.72. The number of anilines is 1. The summed E-state index contributed by atoms with van der Waals surface area (Å²) in [6.07, 6.45) is 1.33. The van der Waals surface area contributed by atoms with Crippen molar-refractivity contribution in [2.75, 3.05) is 37.6 Å². The van der Waals surface area contributed by atoms with Crippen LogP contribution in [0.15, 0.2) is 48.5 Å². The lowest BCUT2D eigenvalue weighted by Gasteiger charge is -2.37. The summed E-state index contributed by atoms with van der Waals surface area (Å²) < 4.78 is 13.3. The van der Waals surface area contributed by atoms with E-state index in [0.29, 0.717) is 0 Å². The van der Waals surface area contributed by atoms with Crippen LogP contribution in [0.4, 0.5) is 10.1 Å². The molecular weight excluding hydrogens is 299 g/mol. The Kier molecular flexibility index (Phi) is 4.28. The van der Waals surface area contributed by atoms with Gasteiger partial charge in [0.05, 0.1) is 0 Å². The first kappa shape index (κ1) is 15.6. The Hall–Kier alpha value is -1.87. The molecule has 1 saturated heterocycles. The molecule has 0 unspecified atom stereocenters. The van der Waals surface area contributed by atoms with E-state index in [1.54, 1.807) is 12.1 Å². The van der Waals surface area contributed by atoms with Crippen LogP contribution in [0.5, 0.6) is 0 Å². The minimum absolute atomic E-state index is 0.143. The Labute approximate surface area is 143 Å². The molecule has 4 rings (SSSR count). The number of rotatable bonds is 4. The first-order valence-corrected chi connectivity index (χ1v) is 8.99. The second-order valence-corrected chi connectivity index (χ2v) is 7.23. The Bertz CT molecular complexity index is 692. The third-order valence-corrected chi connectivity index (χ3v) is 5.51. The highest BCUT2D eigenvalue weighted by atomic mass is 19.1. The normalized spacial score (nSPS) is 24.2. The molecule has 2 atom stereocenters. The Morgan fingerprint density at radius 1 is 1.00 bits per heavy atom. The summed E-state index contributed by atoms with van der Waals surface area (Å²) in [6, 6.07) is 16.0. The van der Waals surface area contributed by atoms with Crippen molar-refractivity contribution in [2.24, 2.45) is 5.92 Å². The highest BCUT2D eigenvalue weighted by Crippen LogP contribution is 2.47. The van der Waals surface area contributed by atoms with Gasteiger partial charge < -0.3 is 4.90 Å². The highest BCUT2D eigenvalue weighted by molar-refractivity contribution is 5.53. The van der Waals surface area contributed by atoms with Crippen LogP contribution >= 0.6 is 0 Å². The number of hydrogen-bond donors (Lipinski definition) is 0. The topological polar surface area (TPSA) is 6.48 Å². The highest BCUT2D eigenvalue weighted by Gasteiger charge is 2.39. The quantitative estimate of drug-likeness (QED) is 0.837. The molecule has 1 saturated carbocycles. The molecule has 2 aliphatic rings. The van der Waals surface area contributed by atoms with Crippen molar-refractivity contribution < 1.29 is 4.39 Å². The number of halogens is 1. The molecule has 1 heterocycles. The summed E-state index contributed by atoms with van der Waals surface area (Å²) in [5, 5.41) is 0. The fourth-order valence-electron chi connectivity index (χ4n) is 4.03. The second kappa shape index (κ2) is 6.56. The van der Waals surface area contributed by atoms with Gasteiger partial charge in [0.1, 0.15) is 5.82 Å². The smallest absolute Gasteiger partial charge is 0.123 e. The SMILES string of the molecule is Cc1cc(F)ccc1N1CCN(C[C@H]2C[C@@H]2c2ccccc2)CC1. The van der Waals surface area contributed by atoms with E-state index < -0.39 is 0 Å². The summed E-state index contributed by atoms with van der Waals surface area (Å²) in [4.78, 5) is 5.00. The third-order valence-electron chi connectivity index (χ3n) is 5.51. The van der Waals surface area contributed by atoms with Crippen molar-refractivity contribution in [1.82, 2.24) is 4.90 Å². The van der Waals surface area contributed by atoms with Gasteiger partial charge in [0.2, 0.25) is 0 Å². The molecule has 2 aromatic rings. The number of nitrogens with zero attached hydrogens (tertiary/aromatic N) is 2. The summed E-state index contributed by atoms with van der Waals surface area (Å²) in [6.45, 7) is 7.50. The Morgan fingerprint density at radius 3 is 2.46 bits per heavy atom. The summed E-state index contributed by atoms with van der Waals surface area (Å²) in [7, 11) is 0. The minimum atomic E-state index is -0.143. The molecule has 2 nitrogen and oxygen atoms in total. The number of aryl methyl sites for hydroxylation is 1. The van der Waals surface area contributed by atoms with Gasteiger partial charge in [-0.05, 0) is 54.5 Å². The largest absolute Gasteiger partial charge is 0.369 e. The minimum Gasteiger partial charge on any atom is -0.369 e. The van der Waals surface area contributed by atoms with Gasteiger partial charge >= 0.3 is 0 Å². The van der Waals surface area contributed by atoms with Crippen LogP contribution in [0, 0.1) is 18.7 Å². The fourth-order valence-corrected chi connectivity index (χ4v) is 4.03. The van der Waals surface area contributed by atoms with Crippen LogP contribution in [-0.4, -0.2) is 37.6 Å². The number of piperazine rings is 1. The maximum atomic E-state index is 13.3. The average Bonchev–Trinajstić information content (AvgIpc) is 3.36. The number of hydrogen-bond acceptors (Lipinski definition) is 2. The molecule has 3 heteroatoms.